The number of carbonyl (C=O) groups excluding carboxylic acids is 1. The lowest BCUT2D eigenvalue weighted by Crippen LogP contribution is -2.35. The average Bonchev–Trinajstić information content (AvgIpc) is 2.62. The second-order valence-corrected chi connectivity index (χ2v) is 6.14. The van der Waals surface area contributed by atoms with Crippen LogP contribution in [0.15, 0.2) is 42.5 Å². The van der Waals surface area contributed by atoms with Crippen molar-refractivity contribution < 1.29 is 23.8 Å². The van der Waals surface area contributed by atoms with Gasteiger partial charge in [-0.2, -0.15) is 0 Å². The van der Waals surface area contributed by atoms with Gasteiger partial charge in [-0.05, 0) is 30.2 Å². The number of nitrogens with one attached hydrogen (secondary N) is 1. The van der Waals surface area contributed by atoms with Gasteiger partial charge in [-0.3, -0.25) is 9.59 Å². The van der Waals surface area contributed by atoms with E-state index in [1.807, 2.05) is 0 Å². The Labute approximate surface area is 155 Å². The summed E-state index contributed by atoms with van der Waals surface area (Å²) in [4.78, 5) is 23.6. The third-order valence-corrected chi connectivity index (χ3v) is 4.31. The first-order chi connectivity index (χ1) is 12.4. The van der Waals surface area contributed by atoms with Gasteiger partial charge in [-0.25, -0.2) is 4.39 Å². The molecule has 0 aromatic heterocycles. The Hall–Kier alpha value is -2.60. The Morgan fingerprint density at radius 3 is 2.62 bits per heavy atom. The van der Waals surface area contributed by atoms with Gasteiger partial charge >= 0.3 is 5.97 Å². The molecule has 0 fully saturated rings. The zero-order chi connectivity index (χ0) is 19.1. The number of methoxy groups -OCH3 is 1. The molecular weight excluding hydrogens is 361 g/mol. The molecule has 0 saturated carbocycles. The number of carboxylic acid groups (broad SMARTS) is 1. The molecule has 7 heteroatoms. The molecule has 0 aliphatic heterocycles. The van der Waals surface area contributed by atoms with E-state index in [1.54, 1.807) is 24.3 Å². The number of hydrogen-bond donors (Lipinski definition) is 2. The molecule has 0 radical (unpaired) electrons. The van der Waals surface area contributed by atoms with Gasteiger partial charge in [0, 0.05) is 17.1 Å². The topological polar surface area (TPSA) is 75.6 Å². The highest BCUT2D eigenvalue weighted by Gasteiger charge is 2.21. The number of carboxylic acids is 1. The zero-order valence-electron chi connectivity index (χ0n) is 14.2. The van der Waals surface area contributed by atoms with E-state index in [2.05, 4.69) is 5.32 Å². The molecule has 0 spiro atoms. The monoisotopic (exact) mass is 379 g/mol. The number of para-hydroxylation sites is 1. The molecule has 1 unspecified atom stereocenters. The fourth-order valence-electron chi connectivity index (χ4n) is 2.55. The van der Waals surface area contributed by atoms with E-state index in [-0.39, 0.29) is 30.0 Å². The summed E-state index contributed by atoms with van der Waals surface area (Å²) in [5.41, 5.74) is 0.817. The lowest BCUT2D eigenvalue weighted by Gasteiger charge is -2.16. The fraction of sp³-hybridized carbons (Fsp3) is 0.263. The van der Waals surface area contributed by atoms with Crippen LogP contribution >= 0.6 is 11.6 Å². The summed E-state index contributed by atoms with van der Waals surface area (Å²) >= 11 is 5.90. The predicted molar refractivity (Wildman–Crippen MR) is 95.9 cm³/mol. The summed E-state index contributed by atoms with van der Waals surface area (Å²) in [7, 11) is 1.51. The molecular formula is C19H19ClFNO4. The zero-order valence-corrected chi connectivity index (χ0v) is 14.9. The summed E-state index contributed by atoms with van der Waals surface area (Å²) < 4.78 is 19.0. The molecule has 0 saturated heterocycles. The van der Waals surface area contributed by atoms with Crippen LogP contribution in [0.4, 0.5) is 4.39 Å². The highest BCUT2D eigenvalue weighted by molar-refractivity contribution is 6.31. The van der Waals surface area contributed by atoms with Crippen LogP contribution in [0.2, 0.25) is 5.02 Å². The van der Waals surface area contributed by atoms with Crippen molar-refractivity contribution in [2.24, 2.45) is 5.92 Å². The predicted octanol–water partition coefficient (Wildman–Crippen LogP) is 3.09. The van der Waals surface area contributed by atoms with Crippen LogP contribution < -0.4 is 10.1 Å². The molecule has 2 rings (SSSR count). The van der Waals surface area contributed by atoms with E-state index in [1.165, 1.54) is 25.3 Å². The van der Waals surface area contributed by atoms with Crippen LogP contribution in [0.1, 0.15) is 11.1 Å². The largest absolute Gasteiger partial charge is 0.496 e. The third-order valence-electron chi connectivity index (χ3n) is 3.95. The second kappa shape index (κ2) is 9.20. The average molecular weight is 380 g/mol. The molecule has 0 aliphatic rings. The van der Waals surface area contributed by atoms with E-state index in [0.717, 1.165) is 5.56 Å². The van der Waals surface area contributed by atoms with Crippen molar-refractivity contribution in [2.45, 2.75) is 12.8 Å². The third kappa shape index (κ3) is 5.20. The van der Waals surface area contributed by atoms with E-state index < -0.39 is 23.6 Å². The minimum atomic E-state index is -1.04. The molecule has 138 valence electrons. The lowest BCUT2D eigenvalue weighted by molar-refractivity contribution is -0.141. The number of benzene rings is 2. The molecule has 1 atom stereocenters. The molecule has 1 amide bonds. The summed E-state index contributed by atoms with van der Waals surface area (Å²) in [6, 6.07) is 11.3. The summed E-state index contributed by atoms with van der Waals surface area (Å²) in [6.45, 7) is -0.0850. The summed E-state index contributed by atoms with van der Waals surface area (Å²) in [5.74, 6) is -2.37. The number of hydrogen-bond acceptors (Lipinski definition) is 3. The number of halogens is 2. The Balaban J connectivity index is 2.00. The van der Waals surface area contributed by atoms with Crippen LogP contribution in [-0.2, 0) is 22.4 Å². The highest BCUT2D eigenvalue weighted by atomic mass is 35.5. The van der Waals surface area contributed by atoms with Crippen LogP contribution in [0.5, 0.6) is 5.75 Å². The van der Waals surface area contributed by atoms with Crippen molar-refractivity contribution in [3.05, 3.63) is 64.4 Å². The summed E-state index contributed by atoms with van der Waals surface area (Å²) in [5, 5.41) is 12.1. The Kier molecular flexibility index (Phi) is 6.97. The van der Waals surface area contributed by atoms with Gasteiger partial charge in [0.1, 0.15) is 11.6 Å². The van der Waals surface area contributed by atoms with Crippen LogP contribution in [0.3, 0.4) is 0 Å². The van der Waals surface area contributed by atoms with E-state index in [9.17, 15) is 19.1 Å². The first kappa shape index (κ1) is 19.7. The molecule has 0 heterocycles. The van der Waals surface area contributed by atoms with Crippen molar-refractivity contribution >= 4 is 23.5 Å². The molecule has 5 nitrogen and oxygen atoms in total. The van der Waals surface area contributed by atoms with Crippen LogP contribution in [0.25, 0.3) is 0 Å². The Morgan fingerprint density at radius 1 is 1.23 bits per heavy atom. The highest BCUT2D eigenvalue weighted by Crippen LogP contribution is 2.21. The van der Waals surface area contributed by atoms with E-state index in [4.69, 9.17) is 16.3 Å². The van der Waals surface area contributed by atoms with Crippen molar-refractivity contribution in [2.75, 3.05) is 13.7 Å². The maximum absolute atomic E-state index is 13.7. The van der Waals surface area contributed by atoms with Gasteiger partial charge in [-0.15, -0.1) is 0 Å². The standard InChI is InChI=1S/C19H19ClFNO4/c1-26-17-8-3-2-5-12(17)9-13(19(24)25)11-22-18(23)10-14-15(20)6-4-7-16(14)21/h2-8,13H,9-11H2,1H3,(H,22,23)(H,24,25). The number of rotatable bonds is 8. The van der Waals surface area contributed by atoms with Gasteiger partial charge in [-0.1, -0.05) is 35.9 Å². The fourth-order valence-corrected chi connectivity index (χ4v) is 2.77. The van der Waals surface area contributed by atoms with Crippen LogP contribution in [-0.4, -0.2) is 30.6 Å². The maximum atomic E-state index is 13.7. The molecule has 0 aliphatic carbocycles. The van der Waals surface area contributed by atoms with E-state index >= 15 is 0 Å². The lowest BCUT2D eigenvalue weighted by atomic mass is 9.98. The Bertz CT molecular complexity index is 777. The summed E-state index contributed by atoms with van der Waals surface area (Å²) in [6.07, 6.45) is -0.0629. The molecule has 26 heavy (non-hydrogen) atoms. The van der Waals surface area contributed by atoms with Gasteiger partial charge < -0.3 is 15.2 Å². The number of amides is 1. The Morgan fingerprint density at radius 2 is 1.96 bits per heavy atom. The SMILES string of the molecule is COc1ccccc1CC(CNC(=O)Cc1c(F)cccc1Cl)C(=O)O. The first-order valence-corrected chi connectivity index (χ1v) is 8.34. The molecule has 2 aromatic rings. The smallest absolute Gasteiger partial charge is 0.308 e. The number of aliphatic carboxylic acids is 1. The molecule has 2 N–H and O–H groups in total. The van der Waals surface area contributed by atoms with Gasteiger partial charge in [0.05, 0.1) is 19.4 Å². The van der Waals surface area contributed by atoms with Crippen molar-refractivity contribution in [3.8, 4) is 5.75 Å². The minimum absolute atomic E-state index is 0.0850. The van der Waals surface area contributed by atoms with Crippen molar-refractivity contribution in [1.29, 1.82) is 0 Å². The van der Waals surface area contributed by atoms with Gasteiger partial charge in [0.15, 0.2) is 0 Å². The normalized spacial score (nSPS) is 11.7. The second-order valence-electron chi connectivity index (χ2n) is 5.73. The van der Waals surface area contributed by atoms with Crippen LogP contribution in [0, 0.1) is 11.7 Å². The maximum Gasteiger partial charge on any atom is 0.308 e. The van der Waals surface area contributed by atoms with Crippen molar-refractivity contribution in [3.63, 3.8) is 0 Å². The van der Waals surface area contributed by atoms with Crippen molar-refractivity contribution in [1.82, 2.24) is 5.32 Å². The number of ether oxygens (including phenoxy) is 1. The molecule has 0 bridgehead atoms. The quantitative estimate of drug-likeness (QED) is 0.739. The minimum Gasteiger partial charge on any atom is -0.496 e. The number of carbonyl (C=O) groups is 2. The van der Waals surface area contributed by atoms with Gasteiger partial charge in [0.25, 0.3) is 0 Å². The van der Waals surface area contributed by atoms with E-state index in [0.29, 0.717) is 5.75 Å². The molecule has 2 aromatic carbocycles. The van der Waals surface area contributed by atoms with Gasteiger partial charge in [0.2, 0.25) is 5.91 Å². The first-order valence-electron chi connectivity index (χ1n) is 7.96.